The molecule has 5 nitrogen and oxygen atoms in total. The molecule has 0 spiro atoms. The van der Waals surface area contributed by atoms with E-state index >= 15 is 0 Å². The van der Waals surface area contributed by atoms with Crippen LogP contribution in [0.2, 0.25) is 0 Å². The highest BCUT2D eigenvalue weighted by Crippen LogP contribution is 2.30. The largest absolute Gasteiger partial charge is 0.450 e. The Hall–Kier alpha value is -2.30. The molecule has 1 aromatic heterocycles. The van der Waals surface area contributed by atoms with Crippen molar-refractivity contribution < 1.29 is 14.0 Å². The topological polar surface area (TPSA) is 53.8 Å². The van der Waals surface area contributed by atoms with E-state index in [1.807, 2.05) is 41.8 Å². The van der Waals surface area contributed by atoms with Crippen LogP contribution in [0.3, 0.4) is 0 Å². The third-order valence-electron chi connectivity index (χ3n) is 6.58. The number of aryl methyl sites for hydroxylation is 2. The van der Waals surface area contributed by atoms with Gasteiger partial charge in [0.15, 0.2) is 5.76 Å². The summed E-state index contributed by atoms with van der Waals surface area (Å²) >= 11 is 0. The predicted molar refractivity (Wildman–Crippen MR) is 109 cm³/mol. The number of carbonyl (C=O) groups excluding carboxylic acids is 2. The number of carbonyl (C=O) groups is 2. The Bertz CT molecular complexity index is 885. The quantitative estimate of drug-likeness (QED) is 0.784. The molecule has 0 saturated carbocycles. The molecule has 1 aromatic carbocycles. The van der Waals surface area contributed by atoms with E-state index in [1.165, 1.54) is 0 Å². The van der Waals surface area contributed by atoms with Gasteiger partial charge in [-0.15, -0.1) is 0 Å². The summed E-state index contributed by atoms with van der Waals surface area (Å²) in [6, 6.07) is 5.99. The standard InChI is InChI=1S/C23H30N2O3/c1-15-7-11-24(12-8-15)22(26)18-9-13-25(14-10-18)23(27)21-17(3)19-6-4-5-16(2)20(19)28-21/h4-6,15,18H,7-14H2,1-3H3. The van der Waals surface area contributed by atoms with E-state index in [0.717, 1.165) is 66.8 Å². The first-order valence-corrected chi connectivity index (χ1v) is 10.5. The lowest BCUT2D eigenvalue weighted by Crippen LogP contribution is -2.46. The van der Waals surface area contributed by atoms with E-state index in [0.29, 0.717) is 18.8 Å². The number of para-hydroxylation sites is 1. The second-order valence-corrected chi connectivity index (χ2v) is 8.58. The van der Waals surface area contributed by atoms with Crippen molar-refractivity contribution in [2.75, 3.05) is 26.2 Å². The summed E-state index contributed by atoms with van der Waals surface area (Å²) in [6.45, 7) is 9.22. The van der Waals surface area contributed by atoms with Crippen LogP contribution in [-0.4, -0.2) is 47.8 Å². The molecule has 2 aliphatic heterocycles. The highest BCUT2D eigenvalue weighted by molar-refractivity contribution is 5.99. The number of benzene rings is 1. The Labute approximate surface area is 166 Å². The number of hydrogen-bond acceptors (Lipinski definition) is 3. The van der Waals surface area contributed by atoms with Crippen LogP contribution in [0.15, 0.2) is 22.6 Å². The molecule has 0 N–H and O–H groups in total. The molecule has 0 atom stereocenters. The zero-order valence-corrected chi connectivity index (χ0v) is 17.2. The SMILES string of the molecule is Cc1c(C(=O)N2CCC(C(=O)N3CCC(C)CC3)CC2)oc2c(C)cccc12. The Kier molecular flexibility index (Phi) is 5.17. The molecule has 150 valence electrons. The number of rotatable bonds is 2. The summed E-state index contributed by atoms with van der Waals surface area (Å²) in [5.74, 6) is 1.45. The number of fused-ring (bicyclic) bond motifs is 1. The van der Waals surface area contributed by atoms with Crippen LogP contribution in [0.1, 0.15) is 54.3 Å². The van der Waals surface area contributed by atoms with Gasteiger partial charge < -0.3 is 14.2 Å². The van der Waals surface area contributed by atoms with Crippen LogP contribution in [0.5, 0.6) is 0 Å². The van der Waals surface area contributed by atoms with Crippen molar-refractivity contribution in [2.24, 2.45) is 11.8 Å². The lowest BCUT2D eigenvalue weighted by Gasteiger charge is -2.36. The summed E-state index contributed by atoms with van der Waals surface area (Å²) in [4.78, 5) is 29.8. The lowest BCUT2D eigenvalue weighted by molar-refractivity contribution is -0.138. The van der Waals surface area contributed by atoms with Gasteiger partial charge in [0.25, 0.3) is 5.91 Å². The van der Waals surface area contributed by atoms with E-state index in [1.54, 1.807) is 0 Å². The zero-order chi connectivity index (χ0) is 19.8. The Morgan fingerprint density at radius 3 is 2.25 bits per heavy atom. The Morgan fingerprint density at radius 1 is 0.964 bits per heavy atom. The van der Waals surface area contributed by atoms with Gasteiger partial charge in [-0.3, -0.25) is 9.59 Å². The van der Waals surface area contributed by atoms with E-state index in [4.69, 9.17) is 4.42 Å². The molecule has 0 radical (unpaired) electrons. The van der Waals surface area contributed by atoms with Gasteiger partial charge >= 0.3 is 0 Å². The fourth-order valence-corrected chi connectivity index (χ4v) is 4.55. The smallest absolute Gasteiger partial charge is 0.289 e. The van der Waals surface area contributed by atoms with Crippen LogP contribution in [-0.2, 0) is 4.79 Å². The number of likely N-dealkylation sites (tertiary alicyclic amines) is 2. The molecule has 2 amide bonds. The van der Waals surface area contributed by atoms with E-state index in [-0.39, 0.29) is 17.7 Å². The number of hydrogen-bond donors (Lipinski definition) is 0. The van der Waals surface area contributed by atoms with Gasteiger partial charge in [0, 0.05) is 43.0 Å². The molecule has 0 unspecified atom stereocenters. The molecule has 2 aromatic rings. The van der Waals surface area contributed by atoms with Gasteiger partial charge in [0.05, 0.1) is 0 Å². The molecular formula is C23H30N2O3. The second-order valence-electron chi connectivity index (χ2n) is 8.58. The fourth-order valence-electron chi connectivity index (χ4n) is 4.55. The molecule has 2 aliphatic rings. The molecule has 28 heavy (non-hydrogen) atoms. The Balaban J connectivity index is 1.41. The van der Waals surface area contributed by atoms with Gasteiger partial charge in [-0.05, 0) is 51.0 Å². The van der Waals surface area contributed by atoms with Crippen molar-refractivity contribution in [1.82, 2.24) is 9.80 Å². The van der Waals surface area contributed by atoms with E-state index < -0.39 is 0 Å². The second kappa shape index (κ2) is 7.61. The molecule has 2 saturated heterocycles. The van der Waals surface area contributed by atoms with Crippen molar-refractivity contribution in [3.8, 4) is 0 Å². The van der Waals surface area contributed by atoms with Crippen LogP contribution in [0, 0.1) is 25.7 Å². The maximum atomic E-state index is 13.1. The number of amides is 2. The number of nitrogens with zero attached hydrogens (tertiary/aromatic N) is 2. The van der Waals surface area contributed by atoms with Crippen molar-refractivity contribution >= 4 is 22.8 Å². The van der Waals surface area contributed by atoms with Crippen LogP contribution in [0.25, 0.3) is 11.0 Å². The fraction of sp³-hybridized carbons (Fsp3) is 0.565. The number of piperidine rings is 2. The lowest BCUT2D eigenvalue weighted by atomic mass is 9.92. The van der Waals surface area contributed by atoms with Crippen molar-refractivity contribution in [3.05, 3.63) is 35.1 Å². The van der Waals surface area contributed by atoms with Gasteiger partial charge in [-0.1, -0.05) is 25.1 Å². The third kappa shape index (κ3) is 3.43. The highest BCUT2D eigenvalue weighted by atomic mass is 16.3. The summed E-state index contributed by atoms with van der Waals surface area (Å²) in [5.41, 5.74) is 2.75. The van der Waals surface area contributed by atoms with Gasteiger partial charge in [-0.2, -0.15) is 0 Å². The van der Waals surface area contributed by atoms with Crippen molar-refractivity contribution in [2.45, 2.75) is 46.5 Å². The molecular weight excluding hydrogens is 352 g/mol. The Morgan fingerprint density at radius 2 is 1.61 bits per heavy atom. The highest BCUT2D eigenvalue weighted by Gasteiger charge is 2.33. The van der Waals surface area contributed by atoms with Crippen molar-refractivity contribution in [1.29, 1.82) is 0 Å². The van der Waals surface area contributed by atoms with Crippen LogP contribution in [0.4, 0.5) is 0 Å². The summed E-state index contributed by atoms with van der Waals surface area (Å²) in [7, 11) is 0. The monoisotopic (exact) mass is 382 g/mol. The molecule has 0 bridgehead atoms. The first kappa shape index (κ1) is 19.0. The average molecular weight is 383 g/mol. The maximum absolute atomic E-state index is 13.1. The van der Waals surface area contributed by atoms with E-state index in [2.05, 4.69) is 6.92 Å². The minimum Gasteiger partial charge on any atom is -0.450 e. The van der Waals surface area contributed by atoms with Gasteiger partial charge in [0.2, 0.25) is 5.91 Å². The normalized spacial score (nSPS) is 19.4. The van der Waals surface area contributed by atoms with E-state index in [9.17, 15) is 9.59 Å². The molecule has 2 fully saturated rings. The average Bonchev–Trinajstić information content (AvgIpc) is 3.06. The van der Waals surface area contributed by atoms with Gasteiger partial charge in [0.1, 0.15) is 5.58 Å². The maximum Gasteiger partial charge on any atom is 0.289 e. The molecule has 0 aliphatic carbocycles. The summed E-state index contributed by atoms with van der Waals surface area (Å²) in [5, 5.41) is 1.01. The van der Waals surface area contributed by atoms with Gasteiger partial charge in [-0.25, -0.2) is 0 Å². The number of furan rings is 1. The summed E-state index contributed by atoms with van der Waals surface area (Å²) < 4.78 is 5.96. The third-order valence-corrected chi connectivity index (χ3v) is 6.58. The van der Waals surface area contributed by atoms with Crippen molar-refractivity contribution in [3.63, 3.8) is 0 Å². The minimum absolute atomic E-state index is 0.0502. The first-order valence-electron chi connectivity index (χ1n) is 10.5. The molecule has 5 heteroatoms. The van der Waals surface area contributed by atoms with Crippen LogP contribution >= 0.6 is 0 Å². The molecule has 4 rings (SSSR count). The molecule has 3 heterocycles. The first-order chi connectivity index (χ1) is 13.5. The predicted octanol–water partition coefficient (Wildman–Crippen LogP) is 4.16. The minimum atomic E-state index is -0.0502. The van der Waals surface area contributed by atoms with Crippen LogP contribution < -0.4 is 0 Å². The zero-order valence-electron chi connectivity index (χ0n) is 17.2. The summed E-state index contributed by atoms with van der Waals surface area (Å²) in [6.07, 6.45) is 3.70.